The van der Waals surface area contributed by atoms with E-state index in [4.69, 9.17) is 4.74 Å². The van der Waals surface area contributed by atoms with E-state index in [9.17, 15) is 0 Å². The average Bonchev–Trinajstić information content (AvgIpc) is 2.75. The number of aryl methyl sites for hydroxylation is 2. The Balaban J connectivity index is 2.40. The number of methoxy groups -OCH3 is 1. The second-order valence-corrected chi connectivity index (χ2v) is 6.67. The summed E-state index contributed by atoms with van der Waals surface area (Å²) >= 11 is 5.30. The van der Waals surface area contributed by atoms with E-state index in [2.05, 4.69) is 59.1 Å². The van der Waals surface area contributed by atoms with Gasteiger partial charge in [0.25, 0.3) is 0 Å². The van der Waals surface area contributed by atoms with Crippen LogP contribution in [-0.2, 0) is 0 Å². The predicted octanol–water partition coefficient (Wildman–Crippen LogP) is 4.23. The lowest BCUT2D eigenvalue weighted by Crippen LogP contribution is -2.21. The highest BCUT2D eigenvalue weighted by Gasteiger charge is 2.18. The Labute approximate surface area is 132 Å². The molecule has 1 unspecified atom stereocenters. The molecule has 1 atom stereocenters. The van der Waals surface area contributed by atoms with Gasteiger partial charge in [-0.2, -0.15) is 0 Å². The van der Waals surface area contributed by atoms with Crippen molar-refractivity contribution in [3.8, 4) is 5.75 Å². The number of rotatable bonds is 5. The lowest BCUT2D eigenvalue weighted by atomic mass is 10.1. The molecule has 0 spiro atoms. The second kappa shape index (κ2) is 6.70. The predicted molar refractivity (Wildman–Crippen MR) is 87.8 cm³/mol. The van der Waals surface area contributed by atoms with Crippen LogP contribution >= 0.6 is 27.3 Å². The fourth-order valence-corrected chi connectivity index (χ4v) is 3.62. The highest BCUT2D eigenvalue weighted by atomic mass is 79.9. The molecule has 0 aliphatic carbocycles. The first-order chi connectivity index (χ1) is 9.56. The van der Waals surface area contributed by atoms with Crippen molar-refractivity contribution in [1.82, 2.24) is 10.3 Å². The van der Waals surface area contributed by atoms with Gasteiger partial charge in [0.05, 0.1) is 23.3 Å². The molecule has 0 saturated heterocycles. The Morgan fingerprint density at radius 1 is 1.40 bits per heavy atom. The number of nitrogens with one attached hydrogen (secondary N) is 1. The van der Waals surface area contributed by atoms with Crippen molar-refractivity contribution in [3.05, 3.63) is 43.8 Å². The SMILES string of the molecule is CCNC(c1ccc(OC)c(Br)c1)c1nc(C)c(C)s1. The molecule has 0 bridgehead atoms. The molecule has 0 amide bonds. The maximum Gasteiger partial charge on any atom is 0.133 e. The minimum atomic E-state index is 0.125. The molecular weight excluding hydrogens is 336 g/mol. The first kappa shape index (κ1) is 15.5. The summed E-state index contributed by atoms with van der Waals surface area (Å²) in [6.07, 6.45) is 0. The van der Waals surface area contributed by atoms with Gasteiger partial charge in [-0.3, -0.25) is 0 Å². The standard InChI is InChI=1S/C15H19BrN2OS/c1-5-17-14(15-18-9(2)10(3)20-15)11-6-7-13(19-4)12(16)8-11/h6-8,14,17H,5H2,1-4H3. The van der Waals surface area contributed by atoms with Gasteiger partial charge in [-0.15, -0.1) is 11.3 Å². The molecule has 108 valence electrons. The number of nitrogens with zero attached hydrogens (tertiary/aromatic N) is 1. The van der Waals surface area contributed by atoms with E-state index in [1.807, 2.05) is 6.07 Å². The van der Waals surface area contributed by atoms with Crippen LogP contribution in [0.3, 0.4) is 0 Å². The van der Waals surface area contributed by atoms with Crippen molar-refractivity contribution < 1.29 is 4.74 Å². The summed E-state index contributed by atoms with van der Waals surface area (Å²) in [6.45, 7) is 7.18. The summed E-state index contributed by atoms with van der Waals surface area (Å²) in [4.78, 5) is 5.96. The maximum absolute atomic E-state index is 5.29. The molecule has 0 fully saturated rings. The normalized spacial score (nSPS) is 12.4. The molecule has 3 nitrogen and oxygen atoms in total. The van der Waals surface area contributed by atoms with Crippen LogP contribution in [0.25, 0.3) is 0 Å². The first-order valence-corrected chi connectivity index (χ1v) is 8.18. The van der Waals surface area contributed by atoms with Crippen molar-refractivity contribution in [2.75, 3.05) is 13.7 Å². The fourth-order valence-electron chi connectivity index (χ4n) is 2.04. The molecule has 1 aromatic heterocycles. The lowest BCUT2D eigenvalue weighted by Gasteiger charge is -2.17. The van der Waals surface area contributed by atoms with E-state index < -0.39 is 0 Å². The van der Waals surface area contributed by atoms with Gasteiger partial charge in [-0.25, -0.2) is 4.98 Å². The number of hydrogen-bond acceptors (Lipinski definition) is 4. The smallest absolute Gasteiger partial charge is 0.133 e. The summed E-state index contributed by atoms with van der Waals surface area (Å²) in [7, 11) is 1.68. The van der Waals surface area contributed by atoms with Crippen LogP contribution in [-0.4, -0.2) is 18.6 Å². The Bertz CT molecular complexity index is 578. The van der Waals surface area contributed by atoms with Gasteiger partial charge < -0.3 is 10.1 Å². The zero-order valence-corrected chi connectivity index (χ0v) is 14.6. The molecule has 1 aromatic carbocycles. The molecule has 0 radical (unpaired) electrons. The molecule has 0 saturated carbocycles. The topological polar surface area (TPSA) is 34.1 Å². The largest absolute Gasteiger partial charge is 0.496 e. The summed E-state index contributed by atoms with van der Waals surface area (Å²) in [5, 5.41) is 4.62. The van der Waals surface area contributed by atoms with E-state index in [-0.39, 0.29) is 6.04 Å². The summed E-state index contributed by atoms with van der Waals surface area (Å²) in [6, 6.07) is 6.29. The fraction of sp³-hybridized carbons (Fsp3) is 0.400. The number of benzene rings is 1. The molecular formula is C15H19BrN2OS. The van der Waals surface area contributed by atoms with Crippen molar-refractivity contribution in [2.45, 2.75) is 26.8 Å². The van der Waals surface area contributed by atoms with Crippen LogP contribution in [0.4, 0.5) is 0 Å². The summed E-state index contributed by atoms with van der Waals surface area (Å²) < 4.78 is 6.25. The van der Waals surface area contributed by atoms with Gasteiger partial charge in [0.2, 0.25) is 0 Å². The van der Waals surface area contributed by atoms with Crippen LogP contribution < -0.4 is 10.1 Å². The van der Waals surface area contributed by atoms with Gasteiger partial charge in [0, 0.05) is 4.88 Å². The van der Waals surface area contributed by atoms with Crippen LogP contribution in [0.15, 0.2) is 22.7 Å². The maximum atomic E-state index is 5.29. The van der Waals surface area contributed by atoms with Crippen LogP contribution in [0.1, 0.15) is 34.1 Å². The molecule has 2 aromatic rings. The second-order valence-electron chi connectivity index (χ2n) is 4.58. The molecule has 5 heteroatoms. The van der Waals surface area contributed by atoms with Crippen molar-refractivity contribution >= 4 is 27.3 Å². The van der Waals surface area contributed by atoms with Crippen molar-refractivity contribution in [3.63, 3.8) is 0 Å². The minimum Gasteiger partial charge on any atom is -0.496 e. The van der Waals surface area contributed by atoms with Gasteiger partial charge in [-0.05, 0) is 54.0 Å². The van der Waals surface area contributed by atoms with E-state index in [1.54, 1.807) is 18.4 Å². The summed E-state index contributed by atoms with van der Waals surface area (Å²) in [5.74, 6) is 0.843. The number of halogens is 1. The van der Waals surface area contributed by atoms with Crippen molar-refractivity contribution in [1.29, 1.82) is 0 Å². The highest BCUT2D eigenvalue weighted by Crippen LogP contribution is 2.32. The molecule has 1 heterocycles. The Hall–Kier alpha value is -0.910. The highest BCUT2D eigenvalue weighted by molar-refractivity contribution is 9.10. The van der Waals surface area contributed by atoms with Gasteiger partial charge >= 0.3 is 0 Å². The molecule has 1 N–H and O–H groups in total. The zero-order chi connectivity index (χ0) is 14.7. The quantitative estimate of drug-likeness (QED) is 0.872. The lowest BCUT2D eigenvalue weighted by molar-refractivity contribution is 0.411. The van der Waals surface area contributed by atoms with Crippen LogP contribution in [0.2, 0.25) is 0 Å². The van der Waals surface area contributed by atoms with Gasteiger partial charge in [0.15, 0.2) is 0 Å². The molecule has 0 aliphatic rings. The number of aromatic nitrogens is 1. The summed E-state index contributed by atoms with van der Waals surface area (Å²) in [5.41, 5.74) is 2.30. The molecule has 20 heavy (non-hydrogen) atoms. The van der Waals surface area contributed by atoms with Gasteiger partial charge in [-0.1, -0.05) is 13.0 Å². The Morgan fingerprint density at radius 3 is 2.65 bits per heavy atom. The van der Waals surface area contributed by atoms with Crippen LogP contribution in [0, 0.1) is 13.8 Å². The Kier molecular flexibility index (Phi) is 5.18. The average molecular weight is 355 g/mol. The van der Waals surface area contributed by atoms with Crippen LogP contribution in [0.5, 0.6) is 5.75 Å². The number of ether oxygens (including phenoxy) is 1. The zero-order valence-electron chi connectivity index (χ0n) is 12.2. The molecule has 0 aliphatic heterocycles. The number of thiazole rings is 1. The minimum absolute atomic E-state index is 0.125. The van der Waals surface area contributed by atoms with E-state index in [1.165, 1.54) is 10.4 Å². The third kappa shape index (κ3) is 3.22. The third-order valence-corrected chi connectivity index (χ3v) is 4.97. The monoisotopic (exact) mass is 354 g/mol. The van der Waals surface area contributed by atoms with E-state index in [0.717, 1.165) is 27.5 Å². The first-order valence-electron chi connectivity index (χ1n) is 6.57. The Morgan fingerprint density at radius 2 is 2.15 bits per heavy atom. The molecule has 2 rings (SSSR count). The van der Waals surface area contributed by atoms with Gasteiger partial charge in [0.1, 0.15) is 10.8 Å². The number of hydrogen-bond donors (Lipinski definition) is 1. The van der Waals surface area contributed by atoms with E-state index >= 15 is 0 Å². The van der Waals surface area contributed by atoms with Crippen molar-refractivity contribution in [2.24, 2.45) is 0 Å². The third-order valence-electron chi connectivity index (χ3n) is 3.21. The van der Waals surface area contributed by atoms with E-state index in [0.29, 0.717) is 0 Å².